The largest absolute Gasteiger partial charge is 0.375 e. The van der Waals surface area contributed by atoms with Crippen molar-refractivity contribution in [3.63, 3.8) is 0 Å². The molecule has 2 aromatic rings. The summed E-state index contributed by atoms with van der Waals surface area (Å²) in [6.07, 6.45) is 0. The van der Waals surface area contributed by atoms with Gasteiger partial charge >= 0.3 is 0 Å². The van der Waals surface area contributed by atoms with Crippen LogP contribution >= 0.6 is 11.6 Å². The van der Waals surface area contributed by atoms with Crippen molar-refractivity contribution in [3.05, 3.63) is 59.0 Å². The molecular formula is C14H14ClFN2O. The molecule has 0 aliphatic rings. The molecule has 0 amide bonds. The zero-order valence-electron chi connectivity index (χ0n) is 10.3. The van der Waals surface area contributed by atoms with Crippen LogP contribution in [0.1, 0.15) is 5.56 Å². The highest BCUT2D eigenvalue weighted by atomic mass is 35.5. The van der Waals surface area contributed by atoms with Gasteiger partial charge in [-0.1, -0.05) is 29.8 Å². The van der Waals surface area contributed by atoms with Crippen molar-refractivity contribution in [2.24, 2.45) is 0 Å². The molecule has 1 aromatic carbocycles. The predicted octanol–water partition coefficient (Wildman–Crippen LogP) is 3.50. The molecule has 0 atom stereocenters. The van der Waals surface area contributed by atoms with Gasteiger partial charge in [0.2, 0.25) is 5.95 Å². The summed E-state index contributed by atoms with van der Waals surface area (Å²) >= 11 is 5.79. The number of nitrogens with one attached hydrogen (secondary N) is 1. The molecule has 0 unspecified atom stereocenters. The van der Waals surface area contributed by atoms with Crippen LogP contribution in [0.15, 0.2) is 42.5 Å². The molecule has 2 rings (SSSR count). The maximum Gasteiger partial charge on any atom is 0.214 e. The summed E-state index contributed by atoms with van der Waals surface area (Å²) in [5.41, 5.74) is 1.06. The van der Waals surface area contributed by atoms with Crippen LogP contribution in [0.4, 0.5) is 10.2 Å². The first-order chi connectivity index (χ1) is 9.24. The van der Waals surface area contributed by atoms with E-state index in [1.165, 1.54) is 6.07 Å². The number of halogens is 2. The van der Waals surface area contributed by atoms with E-state index in [9.17, 15) is 4.39 Å². The zero-order valence-corrected chi connectivity index (χ0v) is 11.0. The fourth-order valence-electron chi connectivity index (χ4n) is 1.53. The average molecular weight is 281 g/mol. The number of rotatable bonds is 6. The SMILES string of the molecule is Fc1cccc(NCCOCc2ccc(Cl)cc2)n1. The van der Waals surface area contributed by atoms with E-state index in [1.807, 2.05) is 24.3 Å². The van der Waals surface area contributed by atoms with E-state index in [1.54, 1.807) is 12.1 Å². The van der Waals surface area contributed by atoms with Gasteiger partial charge in [-0.05, 0) is 29.8 Å². The van der Waals surface area contributed by atoms with Crippen LogP contribution < -0.4 is 5.32 Å². The summed E-state index contributed by atoms with van der Waals surface area (Å²) in [5, 5.41) is 3.69. The highest BCUT2D eigenvalue weighted by molar-refractivity contribution is 6.30. The Labute approximate surface area is 116 Å². The van der Waals surface area contributed by atoms with Crippen LogP contribution in [0.2, 0.25) is 5.02 Å². The first kappa shape index (κ1) is 13.8. The number of aromatic nitrogens is 1. The molecule has 0 aliphatic carbocycles. The lowest BCUT2D eigenvalue weighted by atomic mass is 10.2. The van der Waals surface area contributed by atoms with Gasteiger partial charge < -0.3 is 10.1 Å². The lowest BCUT2D eigenvalue weighted by molar-refractivity contribution is 0.130. The van der Waals surface area contributed by atoms with Gasteiger partial charge in [0.05, 0.1) is 13.2 Å². The van der Waals surface area contributed by atoms with Crippen molar-refractivity contribution in [1.29, 1.82) is 0 Å². The molecule has 0 saturated heterocycles. The maximum absolute atomic E-state index is 12.8. The van der Waals surface area contributed by atoms with Crippen LogP contribution in [0, 0.1) is 5.95 Å². The number of pyridine rings is 1. The number of nitrogens with zero attached hydrogens (tertiary/aromatic N) is 1. The normalized spacial score (nSPS) is 10.4. The summed E-state index contributed by atoms with van der Waals surface area (Å²) in [7, 11) is 0. The lowest BCUT2D eigenvalue weighted by Gasteiger charge is -2.07. The fourth-order valence-corrected chi connectivity index (χ4v) is 1.65. The van der Waals surface area contributed by atoms with E-state index in [0.717, 1.165) is 5.56 Å². The zero-order chi connectivity index (χ0) is 13.5. The van der Waals surface area contributed by atoms with Gasteiger partial charge in [-0.25, -0.2) is 4.98 Å². The molecule has 0 spiro atoms. The number of anilines is 1. The van der Waals surface area contributed by atoms with Gasteiger partial charge in [-0.2, -0.15) is 4.39 Å². The van der Waals surface area contributed by atoms with E-state index in [-0.39, 0.29) is 0 Å². The highest BCUT2D eigenvalue weighted by Crippen LogP contribution is 2.10. The van der Waals surface area contributed by atoms with Crippen molar-refractivity contribution in [2.45, 2.75) is 6.61 Å². The second-order valence-corrected chi connectivity index (χ2v) is 4.39. The summed E-state index contributed by atoms with van der Waals surface area (Å²) in [5.74, 6) is 0.0159. The van der Waals surface area contributed by atoms with Crippen LogP contribution in [0.5, 0.6) is 0 Å². The van der Waals surface area contributed by atoms with Crippen molar-refractivity contribution in [3.8, 4) is 0 Å². The molecule has 1 aromatic heterocycles. The van der Waals surface area contributed by atoms with E-state index in [0.29, 0.717) is 30.6 Å². The number of ether oxygens (including phenoxy) is 1. The molecule has 100 valence electrons. The minimum Gasteiger partial charge on any atom is -0.375 e. The minimum absolute atomic E-state index is 0.493. The Morgan fingerprint density at radius 1 is 1.16 bits per heavy atom. The predicted molar refractivity (Wildman–Crippen MR) is 73.8 cm³/mol. The summed E-state index contributed by atoms with van der Waals surface area (Å²) in [6.45, 7) is 1.61. The molecular weight excluding hydrogens is 267 g/mol. The fraction of sp³-hybridized carbons (Fsp3) is 0.214. The van der Waals surface area contributed by atoms with E-state index >= 15 is 0 Å². The van der Waals surface area contributed by atoms with Crippen LogP contribution in [0.3, 0.4) is 0 Å². The first-order valence-corrected chi connectivity index (χ1v) is 6.30. The van der Waals surface area contributed by atoms with Crippen LogP contribution in [-0.2, 0) is 11.3 Å². The van der Waals surface area contributed by atoms with Gasteiger partial charge in [-0.15, -0.1) is 0 Å². The molecule has 1 heterocycles. The molecule has 5 heteroatoms. The smallest absolute Gasteiger partial charge is 0.214 e. The first-order valence-electron chi connectivity index (χ1n) is 5.93. The third-order valence-corrected chi connectivity index (χ3v) is 2.70. The molecule has 0 bridgehead atoms. The Balaban J connectivity index is 1.66. The second kappa shape index (κ2) is 7.07. The Bertz CT molecular complexity index is 519. The molecule has 0 aliphatic heterocycles. The molecule has 1 N–H and O–H groups in total. The lowest BCUT2D eigenvalue weighted by Crippen LogP contribution is -2.10. The Kier molecular flexibility index (Phi) is 5.12. The Hall–Kier alpha value is -1.65. The van der Waals surface area contributed by atoms with Crippen LogP contribution in [-0.4, -0.2) is 18.1 Å². The highest BCUT2D eigenvalue weighted by Gasteiger charge is 1.96. The van der Waals surface area contributed by atoms with E-state index < -0.39 is 5.95 Å². The van der Waals surface area contributed by atoms with Crippen LogP contribution in [0.25, 0.3) is 0 Å². The van der Waals surface area contributed by atoms with Gasteiger partial charge in [-0.3, -0.25) is 0 Å². The van der Waals surface area contributed by atoms with Gasteiger partial charge in [0.25, 0.3) is 0 Å². The van der Waals surface area contributed by atoms with E-state index in [2.05, 4.69) is 10.3 Å². The van der Waals surface area contributed by atoms with Crippen molar-refractivity contribution in [2.75, 3.05) is 18.5 Å². The van der Waals surface area contributed by atoms with Crippen molar-refractivity contribution < 1.29 is 9.13 Å². The number of benzene rings is 1. The van der Waals surface area contributed by atoms with Gasteiger partial charge in [0, 0.05) is 11.6 Å². The maximum atomic E-state index is 12.8. The van der Waals surface area contributed by atoms with Gasteiger partial charge in [0.1, 0.15) is 5.82 Å². The monoisotopic (exact) mass is 280 g/mol. The van der Waals surface area contributed by atoms with Crippen molar-refractivity contribution in [1.82, 2.24) is 4.98 Å². The summed E-state index contributed by atoms with van der Waals surface area (Å²) in [4.78, 5) is 3.69. The standard InChI is InChI=1S/C14H14ClFN2O/c15-12-6-4-11(5-7-12)10-19-9-8-17-14-3-1-2-13(16)18-14/h1-7H,8-10H2,(H,17,18). The van der Waals surface area contributed by atoms with Gasteiger partial charge in [0.15, 0.2) is 0 Å². The topological polar surface area (TPSA) is 34.1 Å². The van der Waals surface area contributed by atoms with E-state index in [4.69, 9.17) is 16.3 Å². The summed E-state index contributed by atoms with van der Waals surface area (Å²) < 4.78 is 18.3. The Morgan fingerprint density at radius 3 is 2.68 bits per heavy atom. The third-order valence-electron chi connectivity index (χ3n) is 2.45. The molecule has 0 radical (unpaired) electrons. The number of hydrogen-bond donors (Lipinski definition) is 1. The molecule has 0 fully saturated rings. The molecule has 19 heavy (non-hydrogen) atoms. The molecule has 3 nitrogen and oxygen atoms in total. The minimum atomic E-state index is -0.493. The average Bonchev–Trinajstić information content (AvgIpc) is 2.41. The second-order valence-electron chi connectivity index (χ2n) is 3.95. The number of hydrogen-bond acceptors (Lipinski definition) is 3. The molecule has 0 saturated carbocycles. The van der Waals surface area contributed by atoms with Crippen molar-refractivity contribution >= 4 is 17.4 Å². The summed E-state index contributed by atoms with van der Waals surface area (Å²) in [6, 6.07) is 12.1. The Morgan fingerprint density at radius 2 is 1.95 bits per heavy atom. The third kappa shape index (κ3) is 4.85. The quantitative estimate of drug-likeness (QED) is 0.649.